The van der Waals surface area contributed by atoms with E-state index in [1.54, 1.807) is 12.1 Å². The van der Waals surface area contributed by atoms with E-state index < -0.39 is 0 Å². The van der Waals surface area contributed by atoms with Crippen molar-refractivity contribution in [3.05, 3.63) is 35.4 Å². The molecule has 2 N–H and O–H groups in total. The Morgan fingerprint density at radius 1 is 1.33 bits per heavy atom. The van der Waals surface area contributed by atoms with Gasteiger partial charge >= 0.3 is 0 Å². The molecule has 0 radical (unpaired) electrons. The highest BCUT2D eigenvalue weighted by Gasteiger charge is 2.06. The van der Waals surface area contributed by atoms with Crippen LogP contribution in [-0.4, -0.2) is 18.0 Å². The summed E-state index contributed by atoms with van der Waals surface area (Å²) in [6.45, 7) is 1.97. The number of hydrogen-bond donors (Lipinski definition) is 1. The largest absolute Gasteiger partial charge is 0.280 e. The zero-order valence-corrected chi connectivity index (χ0v) is 7.24. The van der Waals surface area contributed by atoms with Crippen molar-refractivity contribution in [2.75, 3.05) is 7.05 Å². The highest BCUT2D eigenvalue weighted by Crippen LogP contribution is 2.03. The minimum absolute atomic E-state index is 0.171. The maximum Gasteiger partial charge on any atom is 0.267 e. The number of hydrazine groups is 1. The fraction of sp³-hybridized carbons (Fsp3) is 0.222. The lowest BCUT2D eigenvalue weighted by Gasteiger charge is -2.09. The Hall–Kier alpha value is -1.35. The van der Waals surface area contributed by atoms with Crippen molar-refractivity contribution in [2.24, 2.45) is 5.84 Å². The third-order valence-electron chi connectivity index (χ3n) is 1.62. The molecular formula is C9H12N2O. The van der Waals surface area contributed by atoms with E-state index in [1.807, 2.05) is 19.1 Å². The topological polar surface area (TPSA) is 46.3 Å². The molecule has 0 bridgehead atoms. The Morgan fingerprint density at radius 3 is 2.25 bits per heavy atom. The lowest BCUT2D eigenvalue weighted by atomic mass is 10.1. The van der Waals surface area contributed by atoms with E-state index in [0.717, 1.165) is 10.6 Å². The van der Waals surface area contributed by atoms with Crippen molar-refractivity contribution >= 4 is 5.91 Å². The summed E-state index contributed by atoms with van der Waals surface area (Å²) < 4.78 is 0. The Bertz CT molecular complexity index is 277. The minimum Gasteiger partial charge on any atom is -0.280 e. The number of amides is 1. The molecular weight excluding hydrogens is 152 g/mol. The standard InChI is InChI=1S/C9H12N2O/c1-7-3-5-8(6-4-7)9(12)11(2)10/h3-6H,10H2,1-2H3. The summed E-state index contributed by atoms with van der Waals surface area (Å²) in [5, 5.41) is 1.07. The molecule has 12 heavy (non-hydrogen) atoms. The Kier molecular flexibility index (Phi) is 2.45. The average Bonchev–Trinajstić information content (AvgIpc) is 2.04. The molecule has 0 unspecified atom stereocenters. The van der Waals surface area contributed by atoms with Gasteiger partial charge in [0, 0.05) is 12.6 Å². The summed E-state index contributed by atoms with van der Waals surface area (Å²) >= 11 is 0. The molecule has 3 heteroatoms. The van der Waals surface area contributed by atoms with E-state index >= 15 is 0 Å². The van der Waals surface area contributed by atoms with E-state index in [1.165, 1.54) is 7.05 Å². The predicted molar refractivity (Wildman–Crippen MR) is 47.5 cm³/mol. The smallest absolute Gasteiger partial charge is 0.267 e. The van der Waals surface area contributed by atoms with Crippen molar-refractivity contribution in [1.82, 2.24) is 5.01 Å². The summed E-state index contributed by atoms with van der Waals surface area (Å²) in [7, 11) is 1.53. The Morgan fingerprint density at radius 2 is 1.83 bits per heavy atom. The normalized spacial score (nSPS) is 9.58. The quantitative estimate of drug-likeness (QED) is 0.381. The molecule has 0 aliphatic heterocycles. The second-order valence-electron chi connectivity index (χ2n) is 2.78. The van der Waals surface area contributed by atoms with Crippen LogP contribution in [0.4, 0.5) is 0 Å². The number of nitrogens with zero attached hydrogens (tertiary/aromatic N) is 1. The summed E-state index contributed by atoms with van der Waals surface area (Å²) in [6.07, 6.45) is 0. The zero-order valence-electron chi connectivity index (χ0n) is 7.24. The lowest BCUT2D eigenvalue weighted by molar-refractivity contribution is 0.0795. The first-order chi connectivity index (χ1) is 5.61. The molecule has 0 saturated heterocycles. The number of carbonyl (C=O) groups excluding carboxylic acids is 1. The first-order valence-electron chi connectivity index (χ1n) is 3.70. The number of hydrogen-bond acceptors (Lipinski definition) is 2. The second-order valence-corrected chi connectivity index (χ2v) is 2.78. The molecule has 0 aliphatic carbocycles. The molecule has 1 aromatic rings. The van der Waals surface area contributed by atoms with Crippen LogP contribution in [0.25, 0.3) is 0 Å². The van der Waals surface area contributed by atoms with Crippen molar-refractivity contribution in [2.45, 2.75) is 6.92 Å². The van der Waals surface area contributed by atoms with E-state index in [4.69, 9.17) is 5.84 Å². The van der Waals surface area contributed by atoms with Gasteiger partial charge in [0.1, 0.15) is 0 Å². The second kappa shape index (κ2) is 3.36. The molecule has 1 rings (SSSR count). The molecule has 0 atom stereocenters. The molecule has 1 amide bonds. The molecule has 0 aromatic heterocycles. The van der Waals surface area contributed by atoms with Crippen LogP contribution >= 0.6 is 0 Å². The number of benzene rings is 1. The third-order valence-corrected chi connectivity index (χ3v) is 1.62. The first-order valence-corrected chi connectivity index (χ1v) is 3.70. The monoisotopic (exact) mass is 164 g/mol. The van der Waals surface area contributed by atoms with Gasteiger partial charge in [0.2, 0.25) is 0 Å². The molecule has 0 aliphatic rings. The molecule has 0 saturated carbocycles. The molecule has 0 heterocycles. The fourth-order valence-corrected chi connectivity index (χ4v) is 0.900. The molecule has 64 valence electrons. The highest BCUT2D eigenvalue weighted by molar-refractivity contribution is 5.93. The zero-order chi connectivity index (χ0) is 9.14. The van der Waals surface area contributed by atoms with Gasteiger partial charge in [0.25, 0.3) is 5.91 Å². The first kappa shape index (κ1) is 8.74. The van der Waals surface area contributed by atoms with Crippen molar-refractivity contribution < 1.29 is 4.79 Å². The lowest BCUT2D eigenvalue weighted by Crippen LogP contribution is -2.32. The van der Waals surface area contributed by atoms with Crippen LogP contribution in [0.15, 0.2) is 24.3 Å². The molecule has 0 fully saturated rings. The third kappa shape index (κ3) is 1.83. The van der Waals surface area contributed by atoms with Crippen LogP contribution in [-0.2, 0) is 0 Å². The SMILES string of the molecule is Cc1ccc(C(=O)N(C)N)cc1. The fourth-order valence-electron chi connectivity index (χ4n) is 0.900. The number of carbonyl (C=O) groups is 1. The number of nitrogens with two attached hydrogens (primary N) is 1. The minimum atomic E-state index is -0.171. The van der Waals surface area contributed by atoms with Crippen LogP contribution < -0.4 is 5.84 Å². The van der Waals surface area contributed by atoms with Gasteiger partial charge in [-0.15, -0.1) is 0 Å². The van der Waals surface area contributed by atoms with Crippen molar-refractivity contribution in [3.63, 3.8) is 0 Å². The maximum atomic E-state index is 11.3. The van der Waals surface area contributed by atoms with Gasteiger partial charge in [-0.3, -0.25) is 9.80 Å². The van der Waals surface area contributed by atoms with Gasteiger partial charge in [0.15, 0.2) is 0 Å². The summed E-state index contributed by atoms with van der Waals surface area (Å²) in [5.74, 6) is 5.12. The predicted octanol–water partition coefficient (Wildman–Crippen LogP) is 0.941. The molecule has 0 spiro atoms. The Labute approximate surface area is 71.8 Å². The van der Waals surface area contributed by atoms with Crippen LogP contribution in [0.5, 0.6) is 0 Å². The van der Waals surface area contributed by atoms with Gasteiger partial charge in [0.05, 0.1) is 0 Å². The van der Waals surface area contributed by atoms with Crippen LogP contribution in [0, 0.1) is 6.92 Å². The van der Waals surface area contributed by atoms with E-state index in [-0.39, 0.29) is 5.91 Å². The van der Waals surface area contributed by atoms with Crippen molar-refractivity contribution in [3.8, 4) is 0 Å². The van der Waals surface area contributed by atoms with E-state index in [0.29, 0.717) is 5.56 Å². The summed E-state index contributed by atoms with van der Waals surface area (Å²) in [6, 6.07) is 7.30. The number of rotatable bonds is 1. The Balaban J connectivity index is 2.90. The molecule has 3 nitrogen and oxygen atoms in total. The average molecular weight is 164 g/mol. The van der Waals surface area contributed by atoms with Crippen LogP contribution in [0.1, 0.15) is 15.9 Å². The molecule has 1 aromatic carbocycles. The highest BCUT2D eigenvalue weighted by atomic mass is 16.2. The van der Waals surface area contributed by atoms with Gasteiger partial charge in [-0.1, -0.05) is 17.7 Å². The van der Waals surface area contributed by atoms with Gasteiger partial charge in [-0.2, -0.15) is 0 Å². The summed E-state index contributed by atoms with van der Waals surface area (Å²) in [4.78, 5) is 11.3. The van der Waals surface area contributed by atoms with Crippen molar-refractivity contribution in [1.29, 1.82) is 0 Å². The van der Waals surface area contributed by atoms with Gasteiger partial charge < -0.3 is 0 Å². The van der Waals surface area contributed by atoms with E-state index in [9.17, 15) is 4.79 Å². The van der Waals surface area contributed by atoms with Gasteiger partial charge in [-0.25, -0.2) is 5.84 Å². The summed E-state index contributed by atoms with van der Waals surface area (Å²) in [5.41, 5.74) is 1.75. The number of aryl methyl sites for hydroxylation is 1. The maximum absolute atomic E-state index is 11.3. The van der Waals surface area contributed by atoms with E-state index in [2.05, 4.69) is 0 Å². The van der Waals surface area contributed by atoms with Crippen LogP contribution in [0.3, 0.4) is 0 Å². The van der Waals surface area contributed by atoms with Crippen LogP contribution in [0.2, 0.25) is 0 Å². The van der Waals surface area contributed by atoms with Gasteiger partial charge in [-0.05, 0) is 19.1 Å².